The van der Waals surface area contributed by atoms with Gasteiger partial charge in [-0.2, -0.15) is 0 Å². The van der Waals surface area contributed by atoms with Gasteiger partial charge in [-0.1, -0.05) is 42.5 Å². The normalized spacial score (nSPS) is 10.5. The number of carbonyl (C=O) groups is 1. The molecule has 0 fully saturated rings. The van der Waals surface area contributed by atoms with E-state index in [1.807, 2.05) is 30.3 Å². The molecule has 8 heteroatoms. The van der Waals surface area contributed by atoms with Crippen LogP contribution in [-0.4, -0.2) is 39.2 Å². The minimum Gasteiger partial charge on any atom is -0.460 e. The number of nitro groups is 1. The molecule has 0 aliphatic carbocycles. The molecule has 0 atom stereocenters. The molecule has 1 N–H and O–H groups in total. The van der Waals surface area contributed by atoms with Crippen LogP contribution in [0, 0.1) is 17.0 Å². The number of aromatic nitrogens is 2. The van der Waals surface area contributed by atoms with Crippen molar-refractivity contribution in [2.24, 2.45) is 0 Å². The third-order valence-electron chi connectivity index (χ3n) is 3.98. The quantitative estimate of drug-likeness (QED) is 0.397. The van der Waals surface area contributed by atoms with Crippen molar-refractivity contribution in [3.05, 3.63) is 76.0 Å². The van der Waals surface area contributed by atoms with Crippen LogP contribution in [0.2, 0.25) is 0 Å². The van der Waals surface area contributed by atoms with E-state index in [9.17, 15) is 14.9 Å². The zero-order valence-electron chi connectivity index (χ0n) is 15.0. The lowest BCUT2D eigenvalue weighted by Gasteiger charge is -2.13. The number of ether oxygens (including phenoxy) is 1. The van der Waals surface area contributed by atoms with Crippen LogP contribution in [0.1, 0.15) is 16.1 Å². The summed E-state index contributed by atoms with van der Waals surface area (Å²) in [4.78, 5) is 32.1. The predicted octanol–water partition coefficient (Wildman–Crippen LogP) is 3.18. The van der Waals surface area contributed by atoms with Gasteiger partial charge < -0.3 is 9.84 Å². The zero-order valence-corrected chi connectivity index (χ0v) is 15.0. The van der Waals surface area contributed by atoms with Crippen molar-refractivity contribution < 1.29 is 19.6 Å². The van der Waals surface area contributed by atoms with Gasteiger partial charge in [-0.05, 0) is 6.92 Å². The number of aryl methyl sites for hydroxylation is 1. The molecule has 8 nitrogen and oxygen atoms in total. The minimum atomic E-state index is -0.701. The lowest BCUT2D eigenvalue weighted by Crippen LogP contribution is -2.14. The molecule has 2 aromatic carbocycles. The van der Waals surface area contributed by atoms with Gasteiger partial charge in [0, 0.05) is 23.3 Å². The Labute approximate surface area is 160 Å². The molecular weight excluding hydrogens is 362 g/mol. The highest BCUT2D eigenvalue weighted by Gasteiger charge is 2.23. The lowest BCUT2D eigenvalue weighted by molar-refractivity contribution is -0.384. The summed E-state index contributed by atoms with van der Waals surface area (Å²) in [7, 11) is 0. The smallest absolute Gasteiger partial charge is 0.342 e. The van der Waals surface area contributed by atoms with Crippen LogP contribution in [0.3, 0.4) is 0 Å². The molecule has 142 valence electrons. The van der Waals surface area contributed by atoms with Gasteiger partial charge in [0.15, 0.2) is 5.82 Å². The molecule has 0 bridgehead atoms. The fourth-order valence-electron chi connectivity index (χ4n) is 2.72. The van der Waals surface area contributed by atoms with Gasteiger partial charge in [0.25, 0.3) is 5.69 Å². The lowest BCUT2D eigenvalue weighted by atomic mass is 10.0. The van der Waals surface area contributed by atoms with Crippen LogP contribution in [0.15, 0.2) is 54.6 Å². The Bertz CT molecular complexity index is 1020. The molecule has 0 unspecified atom stereocenters. The average molecular weight is 379 g/mol. The average Bonchev–Trinajstić information content (AvgIpc) is 2.72. The van der Waals surface area contributed by atoms with Crippen LogP contribution < -0.4 is 0 Å². The van der Waals surface area contributed by atoms with Crippen molar-refractivity contribution in [2.75, 3.05) is 13.2 Å². The Morgan fingerprint density at radius 3 is 2.50 bits per heavy atom. The van der Waals surface area contributed by atoms with E-state index in [-0.39, 0.29) is 30.2 Å². The summed E-state index contributed by atoms with van der Waals surface area (Å²) in [6.07, 6.45) is 0. The summed E-state index contributed by atoms with van der Waals surface area (Å²) >= 11 is 0. The number of esters is 1. The summed E-state index contributed by atoms with van der Waals surface area (Å²) in [6.45, 7) is 1.15. The first-order chi connectivity index (χ1) is 13.5. The second-order valence-electron chi connectivity index (χ2n) is 5.89. The number of aliphatic hydroxyl groups excluding tert-OH is 1. The Morgan fingerprint density at radius 2 is 1.82 bits per heavy atom. The van der Waals surface area contributed by atoms with Crippen molar-refractivity contribution in [3.8, 4) is 22.6 Å². The maximum Gasteiger partial charge on any atom is 0.342 e. The highest BCUT2D eigenvalue weighted by molar-refractivity contribution is 5.97. The highest BCUT2D eigenvalue weighted by Crippen LogP contribution is 2.29. The van der Waals surface area contributed by atoms with Gasteiger partial charge in [0.2, 0.25) is 0 Å². The predicted molar refractivity (Wildman–Crippen MR) is 102 cm³/mol. The number of rotatable bonds is 6. The van der Waals surface area contributed by atoms with Gasteiger partial charge in [0.05, 0.1) is 22.9 Å². The van der Waals surface area contributed by atoms with Gasteiger partial charge in [-0.25, -0.2) is 14.8 Å². The van der Waals surface area contributed by atoms with Gasteiger partial charge in [-0.3, -0.25) is 10.1 Å². The van der Waals surface area contributed by atoms with E-state index in [1.165, 1.54) is 18.2 Å². The molecular formula is C20H17N3O5. The monoisotopic (exact) mass is 379 g/mol. The van der Waals surface area contributed by atoms with Crippen molar-refractivity contribution in [1.82, 2.24) is 9.97 Å². The minimum absolute atomic E-state index is 0.105. The number of hydrogen-bond acceptors (Lipinski definition) is 7. The maximum absolute atomic E-state index is 12.5. The molecule has 28 heavy (non-hydrogen) atoms. The summed E-state index contributed by atoms with van der Waals surface area (Å²) < 4.78 is 5.04. The summed E-state index contributed by atoms with van der Waals surface area (Å²) in [6, 6.07) is 15.1. The van der Waals surface area contributed by atoms with Crippen molar-refractivity contribution in [2.45, 2.75) is 6.92 Å². The number of carbonyl (C=O) groups excluding carboxylic acids is 1. The summed E-state index contributed by atoms with van der Waals surface area (Å²) in [5.74, 6) is -0.314. The molecule has 0 saturated carbocycles. The van der Waals surface area contributed by atoms with Gasteiger partial charge in [-0.15, -0.1) is 0 Å². The first-order valence-electron chi connectivity index (χ1n) is 8.48. The Balaban J connectivity index is 2.21. The Morgan fingerprint density at radius 1 is 1.11 bits per heavy atom. The number of benzene rings is 2. The summed E-state index contributed by atoms with van der Waals surface area (Å²) in [5.41, 5.74) is 1.73. The molecule has 1 aromatic heterocycles. The molecule has 0 aliphatic heterocycles. The van der Waals surface area contributed by atoms with Crippen LogP contribution in [-0.2, 0) is 4.74 Å². The molecule has 0 saturated heterocycles. The molecule has 0 spiro atoms. The molecule has 0 aliphatic rings. The van der Waals surface area contributed by atoms with Crippen molar-refractivity contribution >= 4 is 11.7 Å². The third kappa shape index (κ3) is 4.02. The van der Waals surface area contributed by atoms with E-state index in [0.717, 1.165) is 5.56 Å². The maximum atomic E-state index is 12.5. The molecule has 0 radical (unpaired) electrons. The Kier molecular flexibility index (Phi) is 5.71. The third-order valence-corrected chi connectivity index (χ3v) is 3.98. The summed E-state index contributed by atoms with van der Waals surface area (Å²) in [5, 5.41) is 20.1. The van der Waals surface area contributed by atoms with E-state index in [2.05, 4.69) is 9.97 Å². The first-order valence-corrected chi connectivity index (χ1v) is 8.48. The molecule has 1 heterocycles. The highest BCUT2D eigenvalue weighted by atomic mass is 16.6. The van der Waals surface area contributed by atoms with E-state index in [1.54, 1.807) is 13.0 Å². The number of non-ortho nitro benzene ring substituents is 1. The second kappa shape index (κ2) is 8.36. The van der Waals surface area contributed by atoms with Crippen molar-refractivity contribution in [1.29, 1.82) is 0 Å². The van der Waals surface area contributed by atoms with Crippen LogP contribution in [0.5, 0.6) is 0 Å². The Hall–Kier alpha value is -3.65. The largest absolute Gasteiger partial charge is 0.460 e. The van der Waals surface area contributed by atoms with E-state index in [0.29, 0.717) is 17.1 Å². The van der Waals surface area contributed by atoms with Crippen LogP contribution in [0.25, 0.3) is 22.6 Å². The molecule has 3 aromatic rings. The van der Waals surface area contributed by atoms with Crippen molar-refractivity contribution in [3.63, 3.8) is 0 Å². The number of hydrogen-bond donors (Lipinski definition) is 1. The number of nitro benzene ring substituents is 1. The number of aliphatic hydroxyl groups is 1. The zero-order chi connectivity index (χ0) is 20.1. The van der Waals surface area contributed by atoms with Crippen LogP contribution in [0.4, 0.5) is 5.69 Å². The van der Waals surface area contributed by atoms with E-state index in [4.69, 9.17) is 9.84 Å². The first kappa shape index (κ1) is 19.1. The fourth-order valence-corrected chi connectivity index (χ4v) is 2.72. The van der Waals surface area contributed by atoms with Crippen LogP contribution >= 0.6 is 0 Å². The second-order valence-corrected chi connectivity index (χ2v) is 5.89. The van der Waals surface area contributed by atoms with Gasteiger partial charge >= 0.3 is 5.97 Å². The van der Waals surface area contributed by atoms with E-state index < -0.39 is 10.9 Å². The topological polar surface area (TPSA) is 115 Å². The van der Waals surface area contributed by atoms with Gasteiger partial charge in [0.1, 0.15) is 12.2 Å². The SMILES string of the molecule is Cc1nc(-c2ccccc2)nc(-c2cccc([N+](=O)[O-])c2)c1C(=O)OCCO. The fraction of sp³-hybridized carbons (Fsp3) is 0.150. The molecule has 0 amide bonds. The standard InChI is InChI=1S/C20H17N3O5/c1-13-17(20(25)28-11-10-24)18(15-8-5-9-16(12-15)23(26)27)22-19(21-13)14-6-3-2-4-7-14/h2-9,12,24H,10-11H2,1H3. The number of nitrogens with zero attached hydrogens (tertiary/aromatic N) is 3. The van der Waals surface area contributed by atoms with E-state index >= 15 is 0 Å². The molecule has 3 rings (SSSR count).